The second-order valence-corrected chi connectivity index (χ2v) is 13.7. The van der Waals surface area contributed by atoms with Gasteiger partial charge in [0.1, 0.15) is 34.0 Å². The van der Waals surface area contributed by atoms with Crippen molar-refractivity contribution in [1.29, 1.82) is 0 Å². The number of aromatic hydroxyl groups is 4. The van der Waals surface area contributed by atoms with E-state index in [1.165, 1.54) is 60.7 Å². The zero-order valence-corrected chi connectivity index (χ0v) is 27.3. The van der Waals surface area contributed by atoms with Gasteiger partial charge in [0, 0.05) is 22.3 Å². The molecule has 6 aromatic carbocycles. The number of benzene rings is 6. The Morgan fingerprint density at radius 2 is 0.667 bits per heavy atom. The van der Waals surface area contributed by atoms with Gasteiger partial charge in [0.25, 0.3) is 0 Å². The molecule has 10 nitrogen and oxygen atoms in total. The largest absolute Gasteiger partial charge is 0.508 e. The van der Waals surface area contributed by atoms with Crippen LogP contribution in [0, 0.1) is 0 Å². The highest BCUT2D eigenvalue weighted by atomic mass is 32.2. The molecule has 2 heterocycles. The topological polar surface area (TPSA) is 167 Å². The van der Waals surface area contributed by atoms with Gasteiger partial charge in [0.05, 0.1) is 43.6 Å². The number of sulfone groups is 1. The monoisotopic (exact) mass is 690 g/mol. The summed E-state index contributed by atoms with van der Waals surface area (Å²) in [5, 5.41) is 41.2. The van der Waals surface area contributed by atoms with Crippen molar-refractivity contribution in [2.45, 2.75) is 9.79 Å². The summed E-state index contributed by atoms with van der Waals surface area (Å²) >= 11 is 0. The highest BCUT2D eigenvalue weighted by Crippen LogP contribution is 2.39. The van der Waals surface area contributed by atoms with Crippen LogP contribution in [0.2, 0.25) is 0 Å². The molecule has 51 heavy (non-hydrogen) atoms. The van der Waals surface area contributed by atoms with E-state index < -0.39 is 9.84 Å². The van der Waals surface area contributed by atoms with E-state index >= 15 is 0 Å². The number of para-hydroxylation sites is 2. The van der Waals surface area contributed by atoms with E-state index in [1.807, 2.05) is 0 Å². The van der Waals surface area contributed by atoms with Crippen LogP contribution in [0.3, 0.4) is 0 Å². The summed E-state index contributed by atoms with van der Waals surface area (Å²) in [7, 11) is -4.36. The molecule has 0 atom stereocenters. The van der Waals surface area contributed by atoms with E-state index in [0.29, 0.717) is 45.0 Å². The maximum atomic E-state index is 14.8. The summed E-state index contributed by atoms with van der Waals surface area (Å²) in [4.78, 5) is 19.2. The van der Waals surface area contributed by atoms with Gasteiger partial charge in [0.2, 0.25) is 9.84 Å². The van der Waals surface area contributed by atoms with Crippen LogP contribution in [0.5, 0.6) is 23.0 Å². The van der Waals surface area contributed by atoms with Gasteiger partial charge in [-0.1, -0.05) is 60.7 Å². The van der Waals surface area contributed by atoms with Crippen LogP contribution in [0.4, 0.5) is 0 Å². The Morgan fingerprint density at radius 1 is 0.373 bits per heavy atom. The minimum atomic E-state index is -4.36. The van der Waals surface area contributed by atoms with E-state index in [-0.39, 0.29) is 54.9 Å². The van der Waals surface area contributed by atoms with Crippen LogP contribution in [-0.4, -0.2) is 48.8 Å². The van der Waals surface area contributed by atoms with Gasteiger partial charge >= 0.3 is 0 Å². The number of phenolic OH excluding ortho intramolecular Hbond substituents is 4. The van der Waals surface area contributed by atoms with Crippen molar-refractivity contribution >= 4 is 31.9 Å². The van der Waals surface area contributed by atoms with Crippen molar-refractivity contribution in [2.75, 3.05) is 0 Å². The molecule has 248 valence electrons. The minimum Gasteiger partial charge on any atom is -0.508 e. The Labute approximate surface area is 291 Å². The molecule has 0 fully saturated rings. The lowest BCUT2D eigenvalue weighted by Crippen LogP contribution is -2.08. The smallest absolute Gasteiger partial charge is 0.211 e. The molecular weight excluding hydrogens is 665 g/mol. The predicted octanol–water partition coefficient (Wildman–Crippen LogP) is 7.90. The number of nitrogens with zero attached hydrogens (tertiary/aromatic N) is 4. The number of rotatable bonds is 6. The average Bonchev–Trinajstić information content (AvgIpc) is 3.13. The van der Waals surface area contributed by atoms with Crippen molar-refractivity contribution in [2.24, 2.45) is 0 Å². The minimum absolute atomic E-state index is 0.0147. The summed E-state index contributed by atoms with van der Waals surface area (Å²) in [5.74, 6) is 0.00199. The number of aromatic nitrogens is 4. The van der Waals surface area contributed by atoms with Crippen molar-refractivity contribution in [3.05, 3.63) is 133 Å². The molecule has 8 aromatic rings. The molecule has 8 rings (SSSR count). The maximum absolute atomic E-state index is 14.8. The molecule has 4 N–H and O–H groups in total. The Balaban J connectivity index is 1.38. The molecule has 0 unspecified atom stereocenters. The highest BCUT2D eigenvalue weighted by molar-refractivity contribution is 7.92. The molecule has 0 bridgehead atoms. The third-order valence-electron chi connectivity index (χ3n) is 8.37. The van der Waals surface area contributed by atoms with Gasteiger partial charge in [-0.2, -0.15) is 0 Å². The summed E-state index contributed by atoms with van der Waals surface area (Å²) in [6.45, 7) is 0. The molecule has 0 aliphatic carbocycles. The molecule has 2 aromatic heterocycles. The molecule has 0 radical (unpaired) electrons. The SMILES string of the molecule is O=S(=O)(c1cccc2nc(-c3cccc(O)c3)c(-c3cccc(O)c3)nc12)c1cccc2nc(-c3cccc(O)c3)c(-c3cccc(O)c3)nc12. The molecule has 0 aliphatic rings. The fourth-order valence-corrected chi connectivity index (χ4v) is 7.63. The summed E-state index contributed by atoms with van der Waals surface area (Å²) in [6.07, 6.45) is 0. The Morgan fingerprint density at radius 3 is 0.980 bits per heavy atom. The Bertz CT molecular complexity index is 2600. The fraction of sp³-hybridized carbons (Fsp3) is 0. The molecule has 0 amide bonds. The first kappa shape index (κ1) is 31.4. The van der Waals surface area contributed by atoms with Crippen LogP contribution >= 0.6 is 0 Å². The molecule has 0 saturated carbocycles. The van der Waals surface area contributed by atoms with Crippen LogP contribution < -0.4 is 0 Å². The van der Waals surface area contributed by atoms with Gasteiger partial charge in [-0.25, -0.2) is 28.4 Å². The maximum Gasteiger partial charge on any atom is 0.211 e. The normalized spacial score (nSPS) is 11.6. The molecule has 11 heteroatoms. The van der Waals surface area contributed by atoms with Gasteiger partial charge in [-0.15, -0.1) is 0 Å². The second kappa shape index (κ2) is 12.2. The van der Waals surface area contributed by atoms with Gasteiger partial charge in [-0.05, 0) is 72.8 Å². The van der Waals surface area contributed by atoms with Gasteiger partial charge in [-0.3, -0.25) is 0 Å². The fourth-order valence-electron chi connectivity index (χ4n) is 6.07. The van der Waals surface area contributed by atoms with Crippen molar-refractivity contribution in [1.82, 2.24) is 19.9 Å². The van der Waals surface area contributed by atoms with Crippen LogP contribution in [0.1, 0.15) is 0 Å². The molecule has 0 aliphatic heterocycles. The zero-order chi connectivity index (χ0) is 35.3. The Hall–Kier alpha value is -6.85. The first-order valence-electron chi connectivity index (χ1n) is 15.7. The second-order valence-electron chi connectivity index (χ2n) is 11.8. The lowest BCUT2D eigenvalue weighted by atomic mass is 10.0. The van der Waals surface area contributed by atoms with E-state index in [2.05, 4.69) is 0 Å². The van der Waals surface area contributed by atoms with Gasteiger partial charge in [0.15, 0.2) is 0 Å². The van der Waals surface area contributed by atoms with Crippen LogP contribution in [0.15, 0.2) is 143 Å². The lowest BCUT2D eigenvalue weighted by Gasteiger charge is -2.15. The summed E-state index contributed by atoms with van der Waals surface area (Å²) < 4.78 is 29.6. The number of phenols is 4. The van der Waals surface area contributed by atoms with Crippen molar-refractivity contribution < 1.29 is 28.8 Å². The lowest BCUT2D eigenvalue weighted by molar-refractivity contribution is 0.475. The third kappa shape index (κ3) is 5.71. The first-order chi connectivity index (χ1) is 24.7. The number of hydrogen-bond donors (Lipinski definition) is 4. The first-order valence-corrected chi connectivity index (χ1v) is 17.2. The summed E-state index contributed by atoms with van der Waals surface area (Å²) in [5.41, 5.74) is 4.18. The van der Waals surface area contributed by atoms with Gasteiger partial charge < -0.3 is 20.4 Å². The third-order valence-corrected chi connectivity index (χ3v) is 10.2. The van der Waals surface area contributed by atoms with E-state index in [4.69, 9.17) is 19.9 Å². The highest BCUT2D eigenvalue weighted by Gasteiger charge is 2.27. The molecule has 0 spiro atoms. The van der Waals surface area contributed by atoms with Crippen molar-refractivity contribution in [3.63, 3.8) is 0 Å². The van der Waals surface area contributed by atoms with E-state index in [0.717, 1.165) is 0 Å². The van der Waals surface area contributed by atoms with Crippen molar-refractivity contribution in [3.8, 4) is 68.0 Å². The zero-order valence-electron chi connectivity index (χ0n) is 26.5. The summed E-state index contributed by atoms with van der Waals surface area (Å²) in [6, 6.07) is 35.2. The molecular formula is C40H26N4O6S. The van der Waals surface area contributed by atoms with E-state index in [9.17, 15) is 28.8 Å². The van der Waals surface area contributed by atoms with Crippen LogP contribution in [0.25, 0.3) is 67.1 Å². The number of hydrogen-bond acceptors (Lipinski definition) is 10. The number of fused-ring (bicyclic) bond motifs is 2. The standard InChI is InChI=1S/C40H26N4O6S/c45-27-11-1-7-23(19-27)35-37(25-9-3-13-29(47)21-25)43-39-31(41-35)15-5-17-33(39)51(49,50)34-18-6-16-32-40(34)44-38(26-10-4-14-30(48)22-26)36(42-32)24-8-2-12-28(46)20-24/h1-22,45-48H. The quantitative estimate of drug-likeness (QED) is 0.135. The predicted molar refractivity (Wildman–Crippen MR) is 193 cm³/mol. The Kier molecular flexibility index (Phi) is 7.54. The molecule has 0 saturated heterocycles. The average molecular weight is 691 g/mol. The van der Waals surface area contributed by atoms with Crippen LogP contribution in [-0.2, 0) is 9.84 Å². The van der Waals surface area contributed by atoms with E-state index in [1.54, 1.807) is 72.8 Å².